The Morgan fingerprint density at radius 1 is 1.44 bits per heavy atom. The zero-order valence-electron chi connectivity index (χ0n) is 5.00. The van der Waals surface area contributed by atoms with Crippen molar-refractivity contribution in [3.8, 4) is 0 Å². The molecule has 0 atom stereocenters. The molecule has 0 aromatic rings. The number of amides is 1. The number of hydrogen-bond donors (Lipinski definition) is 0. The maximum absolute atomic E-state index is 10.9. The fourth-order valence-corrected chi connectivity index (χ4v) is 1.20. The maximum atomic E-state index is 10.9. The Balaban J connectivity index is 2.36. The average molecular weight is 121 g/mol. The fraction of sp³-hybridized carbons (Fsp3) is 0.286. The van der Waals surface area contributed by atoms with E-state index in [0.29, 0.717) is 6.42 Å². The van der Waals surface area contributed by atoms with E-state index in [1.165, 1.54) is 0 Å². The van der Waals surface area contributed by atoms with E-state index in [-0.39, 0.29) is 5.91 Å². The molecule has 2 rings (SSSR count). The summed E-state index contributed by atoms with van der Waals surface area (Å²) < 4.78 is 0. The summed E-state index contributed by atoms with van der Waals surface area (Å²) in [6, 6.07) is 0. The topological polar surface area (TPSA) is 20.3 Å². The SMILES string of the molecule is O=C1CC=C2CC=CN12. The third-order valence-corrected chi connectivity index (χ3v) is 1.67. The van der Waals surface area contributed by atoms with Gasteiger partial charge in [0.1, 0.15) is 0 Å². The van der Waals surface area contributed by atoms with Gasteiger partial charge < -0.3 is 0 Å². The molecular formula is C7H7NO. The molecule has 0 N–H and O–H groups in total. The normalized spacial score (nSPS) is 22.9. The summed E-state index contributed by atoms with van der Waals surface area (Å²) in [5.41, 5.74) is 1.15. The Labute approximate surface area is 53.5 Å². The molecule has 0 radical (unpaired) electrons. The van der Waals surface area contributed by atoms with Crippen molar-refractivity contribution in [2.75, 3.05) is 0 Å². The van der Waals surface area contributed by atoms with Crippen molar-refractivity contribution >= 4 is 5.91 Å². The van der Waals surface area contributed by atoms with Gasteiger partial charge in [-0.15, -0.1) is 0 Å². The molecule has 9 heavy (non-hydrogen) atoms. The Morgan fingerprint density at radius 2 is 2.33 bits per heavy atom. The van der Waals surface area contributed by atoms with E-state index in [1.54, 1.807) is 4.90 Å². The van der Waals surface area contributed by atoms with Crippen LogP contribution in [0.25, 0.3) is 0 Å². The molecule has 2 heterocycles. The summed E-state index contributed by atoms with van der Waals surface area (Å²) >= 11 is 0. The molecule has 0 aliphatic carbocycles. The number of hydrogen-bond acceptors (Lipinski definition) is 1. The zero-order valence-corrected chi connectivity index (χ0v) is 5.00. The minimum absolute atomic E-state index is 0.207. The first-order chi connectivity index (χ1) is 4.38. The molecule has 0 aromatic carbocycles. The predicted octanol–water partition coefficient (Wildman–Crippen LogP) is 1.02. The summed E-state index contributed by atoms with van der Waals surface area (Å²) in [5, 5.41) is 0. The van der Waals surface area contributed by atoms with Crippen LogP contribution >= 0.6 is 0 Å². The highest BCUT2D eigenvalue weighted by Crippen LogP contribution is 2.24. The van der Waals surface area contributed by atoms with Crippen LogP contribution in [0.1, 0.15) is 12.8 Å². The smallest absolute Gasteiger partial charge is 0.234 e. The molecular weight excluding hydrogens is 114 g/mol. The monoisotopic (exact) mass is 121 g/mol. The Bertz CT molecular complexity index is 215. The van der Waals surface area contributed by atoms with E-state index < -0.39 is 0 Å². The van der Waals surface area contributed by atoms with Gasteiger partial charge in [0.25, 0.3) is 0 Å². The maximum Gasteiger partial charge on any atom is 0.234 e. The number of nitrogens with zero attached hydrogens (tertiary/aromatic N) is 1. The Kier molecular flexibility index (Phi) is 0.781. The lowest BCUT2D eigenvalue weighted by molar-refractivity contribution is -0.124. The first-order valence-electron chi connectivity index (χ1n) is 3.06. The molecule has 0 bridgehead atoms. The van der Waals surface area contributed by atoms with E-state index in [9.17, 15) is 4.79 Å². The van der Waals surface area contributed by atoms with Crippen molar-refractivity contribution in [3.05, 3.63) is 24.0 Å². The van der Waals surface area contributed by atoms with E-state index in [2.05, 4.69) is 0 Å². The lowest BCUT2D eigenvalue weighted by Gasteiger charge is -2.06. The van der Waals surface area contributed by atoms with Gasteiger partial charge in [-0.25, -0.2) is 0 Å². The first kappa shape index (κ1) is 4.79. The number of rotatable bonds is 0. The van der Waals surface area contributed by atoms with Crippen LogP contribution in [0.2, 0.25) is 0 Å². The van der Waals surface area contributed by atoms with E-state index in [0.717, 1.165) is 12.1 Å². The van der Waals surface area contributed by atoms with Gasteiger partial charge >= 0.3 is 0 Å². The predicted molar refractivity (Wildman–Crippen MR) is 33.3 cm³/mol. The van der Waals surface area contributed by atoms with Gasteiger partial charge in [0.15, 0.2) is 0 Å². The molecule has 2 nitrogen and oxygen atoms in total. The molecule has 0 unspecified atom stereocenters. The molecule has 1 amide bonds. The molecule has 46 valence electrons. The molecule has 0 fully saturated rings. The van der Waals surface area contributed by atoms with Gasteiger partial charge in [-0.05, 0) is 0 Å². The van der Waals surface area contributed by atoms with Crippen LogP contribution in [0, 0.1) is 0 Å². The van der Waals surface area contributed by atoms with Gasteiger partial charge in [0.05, 0.1) is 0 Å². The van der Waals surface area contributed by atoms with Gasteiger partial charge in [0.2, 0.25) is 5.91 Å². The molecule has 0 spiro atoms. The highest BCUT2D eigenvalue weighted by molar-refractivity contribution is 5.84. The quantitative estimate of drug-likeness (QED) is 0.468. The van der Waals surface area contributed by atoms with Crippen LogP contribution in [0.5, 0.6) is 0 Å². The van der Waals surface area contributed by atoms with Gasteiger partial charge in [-0.3, -0.25) is 9.69 Å². The number of carbonyl (C=O) groups is 1. The second-order valence-electron chi connectivity index (χ2n) is 2.25. The van der Waals surface area contributed by atoms with Crippen molar-refractivity contribution in [1.29, 1.82) is 0 Å². The van der Waals surface area contributed by atoms with Crippen LogP contribution in [0.15, 0.2) is 24.0 Å². The Hall–Kier alpha value is -1.05. The van der Waals surface area contributed by atoms with Crippen LogP contribution in [-0.2, 0) is 4.79 Å². The highest BCUT2D eigenvalue weighted by atomic mass is 16.2. The number of allylic oxidation sites excluding steroid dienone is 1. The minimum Gasteiger partial charge on any atom is -0.292 e. The van der Waals surface area contributed by atoms with Gasteiger partial charge in [-0.1, -0.05) is 12.2 Å². The molecule has 0 saturated carbocycles. The molecule has 0 aromatic heterocycles. The zero-order chi connectivity index (χ0) is 6.27. The van der Waals surface area contributed by atoms with Crippen LogP contribution in [0.3, 0.4) is 0 Å². The van der Waals surface area contributed by atoms with Crippen LogP contribution in [-0.4, -0.2) is 10.8 Å². The fourth-order valence-electron chi connectivity index (χ4n) is 1.20. The van der Waals surface area contributed by atoms with Crippen LogP contribution in [0.4, 0.5) is 0 Å². The lowest BCUT2D eigenvalue weighted by Crippen LogP contribution is -2.14. The van der Waals surface area contributed by atoms with Crippen molar-refractivity contribution in [2.45, 2.75) is 12.8 Å². The van der Waals surface area contributed by atoms with Crippen molar-refractivity contribution in [2.24, 2.45) is 0 Å². The highest BCUT2D eigenvalue weighted by Gasteiger charge is 2.22. The number of fused-ring (bicyclic) bond motifs is 1. The third-order valence-electron chi connectivity index (χ3n) is 1.67. The first-order valence-corrected chi connectivity index (χ1v) is 3.06. The van der Waals surface area contributed by atoms with E-state index in [4.69, 9.17) is 0 Å². The van der Waals surface area contributed by atoms with E-state index >= 15 is 0 Å². The lowest BCUT2D eigenvalue weighted by atomic mass is 10.3. The summed E-state index contributed by atoms with van der Waals surface area (Å²) in [6.07, 6.45) is 7.37. The summed E-state index contributed by atoms with van der Waals surface area (Å²) in [5.74, 6) is 0.207. The second-order valence-corrected chi connectivity index (χ2v) is 2.25. The summed E-state index contributed by atoms with van der Waals surface area (Å²) in [7, 11) is 0. The van der Waals surface area contributed by atoms with Crippen molar-refractivity contribution < 1.29 is 4.79 Å². The standard InChI is InChI=1S/C7H7NO/c9-7-4-3-6-2-1-5-8(6)7/h1,3,5H,2,4H2. The van der Waals surface area contributed by atoms with Crippen molar-refractivity contribution in [3.63, 3.8) is 0 Å². The van der Waals surface area contributed by atoms with E-state index in [1.807, 2.05) is 18.4 Å². The molecule has 2 heteroatoms. The van der Waals surface area contributed by atoms with Crippen molar-refractivity contribution in [1.82, 2.24) is 4.90 Å². The molecule has 2 aliphatic rings. The average Bonchev–Trinajstić information content (AvgIpc) is 2.35. The second kappa shape index (κ2) is 1.47. The largest absolute Gasteiger partial charge is 0.292 e. The van der Waals surface area contributed by atoms with Gasteiger partial charge in [-0.2, -0.15) is 0 Å². The van der Waals surface area contributed by atoms with Gasteiger partial charge in [0, 0.05) is 24.7 Å². The number of carbonyl (C=O) groups excluding carboxylic acids is 1. The summed E-state index contributed by atoms with van der Waals surface area (Å²) in [6.45, 7) is 0. The molecule has 2 aliphatic heterocycles. The minimum atomic E-state index is 0.207. The summed E-state index contributed by atoms with van der Waals surface area (Å²) in [4.78, 5) is 12.6. The Morgan fingerprint density at radius 3 is 3.11 bits per heavy atom. The van der Waals surface area contributed by atoms with Crippen LogP contribution < -0.4 is 0 Å². The molecule has 0 saturated heterocycles. The third kappa shape index (κ3) is 0.529.